The molecule has 0 saturated heterocycles. The van der Waals surface area contributed by atoms with Crippen LogP contribution in [-0.4, -0.2) is 42.4 Å². The van der Waals surface area contributed by atoms with E-state index in [1.165, 1.54) is 12.4 Å². The summed E-state index contributed by atoms with van der Waals surface area (Å²) >= 11 is 0. The fourth-order valence-electron chi connectivity index (χ4n) is 3.03. The number of tetrazole rings is 1. The van der Waals surface area contributed by atoms with E-state index in [0.717, 1.165) is 16.7 Å². The number of hydrogen-bond acceptors (Lipinski definition) is 7. The van der Waals surface area contributed by atoms with Crippen LogP contribution >= 0.6 is 0 Å². The molecule has 160 valence electrons. The normalized spacial score (nSPS) is 11.5. The van der Waals surface area contributed by atoms with Crippen molar-refractivity contribution in [2.45, 2.75) is 19.5 Å². The van der Waals surface area contributed by atoms with Gasteiger partial charge in [-0.05, 0) is 23.3 Å². The lowest BCUT2D eigenvalue weighted by Crippen LogP contribution is -2.29. The molecule has 2 aromatic carbocycles. The Hall–Kier alpha value is -4.47. The summed E-state index contributed by atoms with van der Waals surface area (Å²) in [6.07, 6.45) is 1.21. The lowest BCUT2D eigenvalue weighted by Gasteiger charge is -2.14. The summed E-state index contributed by atoms with van der Waals surface area (Å²) in [6.45, 7) is 2.17. The fraction of sp³-hybridized carbons (Fsp3) is 0.136. The van der Waals surface area contributed by atoms with Crippen LogP contribution in [-0.2, 0) is 6.54 Å². The fourth-order valence-corrected chi connectivity index (χ4v) is 3.03. The molecular weight excluding hydrogens is 408 g/mol. The van der Waals surface area contributed by atoms with Crippen LogP contribution in [0, 0.1) is 0 Å². The third kappa shape index (κ3) is 4.98. The lowest BCUT2D eigenvalue weighted by molar-refractivity contribution is 0.0934. The Kier molecular flexibility index (Phi) is 6.21. The highest BCUT2D eigenvalue weighted by atomic mass is 16.2. The number of rotatable bonds is 7. The van der Waals surface area contributed by atoms with Crippen LogP contribution in [0.25, 0.3) is 11.4 Å². The Balaban J connectivity index is 1.36. The van der Waals surface area contributed by atoms with Crippen molar-refractivity contribution in [1.82, 2.24) is 41.2 Å². The minimum Gasteiger partial charge on any atom is -0.347 e. The Morgan fingerprint density at radius 3 is 2.38 bits per heavy atom. The van der Waals surface area contributed by atoms with E-state index < -0.39 is 5.91 Å². The van der Waals surface area contributed by atoms with Gasteiger partial charge >= 0.3 is 0 Å². The molecule has 4 rings (SSSR count). The van der Waals surface area contributed by atoms with E-state index in [4.69, 9.17) is 0 Å². The van der Waals surface area contributed by atoms with Gasteiger partial charge in [-0.15, -0.1) is 10.2 Å². The highest BCUT2D eigenvalue weighted by molar-refractivity contribution is 5.97. The number of nitrogens with one attached hydrogen (secondary N) is 3. The molecule has 0 bridgehead atoms. The molecule has 0 aliphatic heterocycles. The highest BCUT2D eigenvalue weighted by Crippen LogP contribution is 2.14. The van der Waals surface area contributed by atoms with Gasteiger partial charge in [0.25, 0.3) is 11.8 Å². The van der Waals surface area contributed by atoms with E-state index in [0.29, 0.717) is 12.4 Å². The van der Waals surface area contributed by atoms with Gasteiger partial charge in [0.15, 0.2) is 0 Å². The predicted molar refractivity (Wildman–Crippen MR) is 115 cm³/mol. The SMILES string of the molecule is C[C@@H](NC(=O)c1cc(C(=O)NCc2ccc(-c3nn[nH]n3)cc2)ncn1)c1ccccc1. The minimum atomic E-state index is -0.403. The standard InChI is InChI=1S/C22H20N8O2/c1-14(16-5-3-2-4-6-16)26-22(32)19-11-18(24-13-25-19)21(31)23-12-15-7-9-17(10-8-15)20-27-29-30-28-20/h2-11,13-14H,12H2,1H3,(H,23,31)(H,26,32)(H,27,28,29,30)/t14-/m1/s1. The summed E-state index contributed by atoms with van der Waals surface area (Å²) in [7, 11) is 0. The Morgan fingerprint density at radius 1 is 0.969 bits per heavy atom. The van der Waals surface area contributed by atoms with Gasteiger partial charge in [-0.3, -0.25) is 9.59 Å². The molecule has 0 aliphatic carbocycles. The van der Waals surface area contributed by atoms with Crippen LogP contribution in [0.5, 0.6) is 0 Å². The molecular formula is C22H20N8O2. The molecule has 0 radical (unpaired) electrons. The molecule has 0 unspecified atom stereocenters. The molecule has 10 nitrogen and oxygen atoms in total. The van der Waals surface area contributed by atoms with Crippen molar-refractivity contribution in [3.05, 3.63) is 89.5 Å². The second-order valence-corrected chi connectivity index (χ2v) is 7.01. The van der Waals surface area contributed by atoms with Crippen molar-refractivity contribution >= 4 is 11.8 Å². The molecule has 2 aromatic heterocycles. The zero-order valence-electron chi connectivity index (χ0n) is 17.2. The van der Waals surface area contributed by atoms with E-state index in [2.05, 4.69) is 41.2 Å². The molecule has 1 atom stereocenters. The van der Waals surface area contributed by atoms with Gasteiger partial charge in [-0.25, -0.2) is 9.97 Å². The quantitative estimate of drug-likeness (QED) is 0.410. The zero-order chi connectivity index (χ0) is 22.3. The second kappa shape index (κ2) is 9.56. The largest absolute Gasteiger partial charge is 0.347 e. The monoisotopic (exact) mass is 428 g/mol. The predicted octanol–water partition coefficient (Wildman–Crippen LogP) is 2.08. The maximum absolute atomic E-state index is 12.6. The van der Waals surface area contributed by atoms with Crippen LogP contribution in [0.2, 0.25) is 0 Å². The topological polar surface area (TPSA) is 138 Å². The van der Waals surface area contributed by atoms with Crippen molar-refractivity contribution in [3.8, 4) is 11.4 Å². The number of hydrogen-bond donors (Lipinski definition) is 3. The van der Waals surface area contributed by atoms with Crippen LogP contribution in [0.1, 0.15) is 45.1 Å². The maximum Gasteiger partial charge on any atom is 0.270 e. The van der Waals surface area contributed by atoms with Gasteiger partial charge in [0.05, 0.1) is 6.04 Å². The van der Waals surface area contributed by atoms with Crippen LogP contribution in [0.15, 0.2) is 67.0 Å². The van der Waals surface area contributed by atoms with E-state index in [1.807, 2.05) is 61.5 Å². The number of H-pyrrole nitrogens is 1. The molecule has 32 heavy (non-hydrogen) atoms. The van der Waals surface area contributed by atoms with Crippen molar-refractivity contribution in [2.24, 2.45) is 0 Å². The number of carbonyl (C=O) groups excluding carboxylic acids is 2. The van der Waals surface area contributed by atoms with Gasteiger partial charge in [0.2, 0.25) is 5.82 Å². The summed E-state index contributed by atoms with van der Waals surface area (Å²) < 4.78 is 0. The number of aromatic amines is 1. The first-order valence-corrected chi connectivity index (χ1v) is 9.89. The van der Waals surface area contributed by atoms with E-state index in [-0.39, 0.29) is 23.3 Å². The molecule has 0 fully saturated rings. The van der Waals surface area contributed by atoms with Gasteiger partial charge in [0.1, 0.15) is 17.7 Å². The summed E-state index contributed by atoms with van der Waals surface area (Å²) in [5.41, 5.74) is 2.90. The van der Waals surface area contributed by atoms with Crippen LogP contribution in [0.4, 0.5) is 0 Å². The van der Waals surface area contributed by atoms with Gasteiger partial charge in [-0.1, -0.05) is 54.6 Å². The summed E-state index contributed by atoms with van der Waals surface area (Å²) in [5.74, 6) is -0.288. The Bertz CT molecular complexity index is 1190. The third-order valence-electron chi connectivity index (χ3n) is 4.79. The molecule has 10 heteroatoms. The molecule has 0 saturated carbocycles. The Morgan fingerprint density at radius 2 is 1.69 bits per heavy atom. The molecule has 2 heterocycles. The van der Waals surface area contributed by atoms with Crippen molar-refractivity contribution < 1.29 is 9.59 Å². The first-order valence-electron chi connectivity index (χ1n) is 9.89. The van der Waals surface area contributed by atoms with Crippen molar-refractivity contribution in [1.29, 1.82) is 0 Å². The maximum atomic E-state index is 12.6. The summed E-state index contributed by atoms with van der Waals surface area (Å²) in [5, 5.41) is 19.4. The van der Waals surface area contributed by atoms with Crippen molar-refractivity contribution in [2.75, 3.05) is 0 Å². The molecule has 2 amide bonds. The summed E-state index contributed by atoms with van der Waals surface area (Å²) in [6, 6.07) is 18.2. The van der Waals surface area contributed by atoms with Crippen molar-refractivity contribution in [3.63, 3.8) is 0 Å². The number of benzene rings is 2. The van der Waals surface area contributed by atoms with Crippen LogP contribution < -0.4 is 10.6 Å². The first kappa shape index (κ1) is 20.8. The van der Waals surface area contributed by atoms with E-state index in [9.17, 15) is 9.59 Å². The van der Waals surface area contributed by atoms with Gasteiger partial charge < -0.3 is 10.6 Å². The third-order valence-corrected chi connectivity index (χ3v) is 4.79. The van der Waals surface area contributed by atoms with Gasteiger partial charge in [0, 0.05) is 18.2 Å². The van der Waals surface area contributed by atoms with Crippen LogP contribution in [0.3, 0.4) is 0 Å². The average Bonchev–Trinajstić information content (AvgIpc) is 3.38. The number of carbonyl (C=O) groups is 2. The minimum absolute atomic E-state index is 0.112. The van der Waals surface area contributed by atoms with E-state index >= 15 is 0 Å². The number of aromatic nitrogens is 6. The first-order chi connectivity index (χ1) is 15.6. The van der Waals surface area contributed by atoms with Gasteiger partial charge in [-0.2, -0.15) is 5.21 Å². The molecule has 0 aliphatic rings. The Labute approximate surface area is 183 Å². The number of nitrogens with zero attached hydrogens (tertiary/aromatic N) is 5. The number of amides is 2. The summed E-state index contributed by atoms with van der Waals surface area (Å²) in [4.78, 5) is 33.1. The highest BCUT2D eigenvalue weighted by Gasteiger charge is 2.16. The average molecular weight is 428 g/mol. The molecule has 3 N–H and O–H groups in total. The smallest absolute Gasteiger partial charge is 0.270 e. The van der Waals surface area contributed by atoms with E-state index in [1.54, 1.807) is 0 Å². The lowest BCUT2D eigenvalue weighted by atomic mass is 10.1. The zero-order valence-corrected chi connectivity index (χ0v) is 17.2. The molecule has 4 aromatic rings. The second-order valence-electron chi connectivity index (χ2n) is 7.01. The molecule has 0 spiro atoms.